The van der Waals surface area contributed by atoms with Gasteiger partial charge < -0.3 is 10.1 Å². The van der Waals surface area contributed by atoms with Gasteiger partial charge >= 0.3 is 0 Å². The smallest absolute Gasteiger partial charge is 0.276 e. The van der Waals surface area contributed by atoms with E-state index in [9.17, 15) is 4.79 Å². The summed E-state index contributed by atoms with van der Waals surface area (Å²) >= 11 is 5.04. The molecule has 1 saturated heterocycles. The summed E-state index contributed by atoms with van der Waals surface area (Å²) in [5, 5.41) is 3.34. The summed E-state index contributed by atoms with van der Waals surface area (Å²) in [5.74, 6) is 0.742. The number of nitrogens with zero attached hydrogens (tertiary/aromatic N) is 1. The number of amides is 1. The van der Waals surface area contributed by atoms with E-state index in [4.69, 9.17) is 17.0 Å². The Bertz CT molecular complexity index is 552. The van der Waals surface area contributed by atoms with Crippen molar-refractivity contribution in [1.82, 2.24) is 10.2 Å². The topological polar surface area (TPSA) is 41.6 Å². The second-order valence-electron chi connectivity index (χ2n) is 4.98. The third-order valence-corrected chi connectivity index (χ3v) is 3.66. The SMILES string of the molecule is CCCCCOc1ccc(/C=C2/NC(=S)N(C)C2=O)cc1. The highest BCUT2D eigenvalue weighted by Crippen LogP contribution is 2.17. The van der Waals surface area contributed by atoms with Crippen LogP contribution >= 0.6 is 12.2 Å². The highest BCUT2D eigenvalue weighted by atomic mass is 32.1. The van der Waals surface area contributed by atoms with Gasteiger partial charge in [-0.25, -0.2) is 0 Å². The molecule has 0 aliphatic carbocycles. The number of benzene rings is 1. The first-order valence-electron chi connectivity index (χ1n) is 7.15. The van der Waals surface area contributed by atoms with Gasteiger partial charge in [0.15, 0.2) is 5.11 Å². The first-order valence-corrected chi connectivity index (χ1v) is 7.56. The number of thiocarbonyl (C=S) groups is 1. The minimum Gasteiger partial charge on any atom is -0.494 e. The Morgan fingerprint density at radius 1 is 1.29 bits per heavy atom. The van der Waals surface area contributed by atoms with Gasteiger partial charge in [-0.05, 0) is 42.4 Å². The van der Waals surface area contributed by atoms with Crippen LogP contribution in [0.25, 0.3) is 6.08 Å². The second-order valence-corrected chi connectivity index (χ2v) is 5.36. The molecule has 0 aromatic heterocycles. The van der Waals surface area contributed by atoms with Crippen molar-refractivity contribution in [3.05, 3.63) is 35.5 Å². The maximum absolute atomic E-state index is 11.9. The summed E-state index contributed by atoms with van der Waals surface area (Å²) in [6, 6.07) is 7.69. The molecule has 0 saturated carbocycles. The Labute approximate surface area is 130 Å². The lowest BCUT2D eigenvalue weighted by Gasteiger charge is -2.06. The number of unbranched alkanes of at least 4 members (excludes halogenated alkanes) is 2. The van der Waals surface area contributed by atoms with Gasteiger partial charge in [-0.3, -0.25) is 9.69 Å². The summed E-state index contributed by atoms with van der Waals surface area (Å²) in [5.41, 5.74) is 1.43. The largest absolute Gasteiger partial charge is 0.494 e. The van der Waals surface area contributed by atoms with Crippen molar-refractivity contribution in [2.24, 2.45) is 0 Å². The molecule has 112 valence electrons. The minimum atomic E-state index is -0.111. The number of carbonyl (C=O) groups is 1. The zero-order chi connectivity index (χ0) is 15.2. The van der Waals surface area contributed by atoms with Crippen molar-refractivity contribution in [1.29, 1.82) is 0 Å². The predicted octanol–water partition coefficient (Wildman–Crippen LogP) is 2.94. The van der Waals surface area contributed by atoms with E-state index < -0.39 is 0 Å². The van der Waals surface area contributed by atoms with E-state index in [1.807, 2.05) is 24.3 Å². The van der Waals surface area contributed by atoms with Crippen LogP contribution in [0, 0.1) is 0 Å². The van der Waals surface area contributed by atoms with Crippen LogP contribution in [-0.2, 0) is 4.79 Å². The minimum absolute atomic E-state index is 0.111. The molecule has 0 unspecified atom stereocenters. The Morgan fingerprint density at radius 2 is 2.00 bits per heavy atom. The second kappa shape index (κ2) is 7.22. The van der Waals surface area contributed by atoms with E-state index in [2.05, 4.69) is 12.2 Å². The third kappa shape index (κ3) is 4.04. The van der Waals surface area contributed by atoms with Crippen molar-refractivity contribution in [3.63, 3.8) is 0 Å². The highest BCUT2D eigenvalue weighted by molar-refractivity contribution is 7.80. The summed E-state index contributed by atoms with van der Waals surface area (Å²) in [6.07, 6.45) is 5.24. The first kappa shape index (κ1) is 15.5. The van der Waals surface area contributed by atoms with Crippen molar-refractivity contribution < 1.29 is 9.53 Å². The molecule has 0 atom stereocenters. The Kier molecular flexibility index (Phi) is 5.33. The zero-order valence-electron chi connectivity index (χ0n) is 12.4. The van der Waals surface area contributed by atoms with E-state index in [1.165, 1.54) is 17.7 Å². The molecule has 1 amide bonds. The summed E-state index contributed by atoms with van der Waals surface area (Å²) < 4.78 is 5.66. The molecule has 21 heavy (non-hydrogen) atoms. The molecule has 0 radical (unpaired) electrons. The van der Waals surface area contributed by atoms with Crippen LogP contribution in [0.3, 0.4) is 0 Å². The number of hydrogen-bond acceptors (Lipinski definition) is 3. The summed E-state index contributed by atoms with van der Waals surface area (Å²) in [7, 11) is 1.66. The van der Waals surface area contributed by atoms with Gasteiger partial charge in [-0.1, -0.05) is 31.9 Å². The van der Waals surface area contributed by atoms with E-state index >= 15 is 0 Å². The number of nitrogens with one attached hydrogen (secondary N) is 1. The van der Waals surface area contributed by atoms with Crippen molar-refractivity contribution in [3.8, 4) is 5.75 Å². The first-order chi connectivity index (χ1) is 10.1. The predicted molar refractivity (Wildman–Crippen MR) is 87.9 cm³/mol. The normalized spacial score (nSPS) is 16.5. The summed E-state index contributed by atoms with van der Waals surface area (Å²) in [4.78, 5) is 13.3. The molecule has 0 spiro atoms. The number of carbonyl (C=O) groups excluding carboxylic acids is 1. The Hall–Kier alpha value is -1.88. The molecule has 4 nitrogen and oxygen atoms in total. The molecule has 5 heteroatoms. The van der Waals surface area contributed by atoms with Crippen LogP contribution in [0.4, 0.5) is 0 Å². The van der Waals surface area contributed by atoms with Crippen molar-refractivity contribution in [2.75, 3.05) is 13.7 Å². The van der Waals surface area contributed by atoms with E-state index in [-0.39, 0.29) is 5.91 Å². The maximum Gasteiger partial charge on any atom is 0.276 e. The molecule has 0 bridgehead atoms. The lowest BCUT2D eigenvalue weighted by atomic mass is 10.2. The van der Waals surface area contributed by atoms with Crippen LogP contribution in [0.2, 0.25) is 0 Å². The highest BCUT2D eigenvalue weighted by Gasteiger charge is 2.26. The zero-order valence-corrected chi connectivity index (χ0v) is 13.2. The average molecular weight is 304 g/mol. The Balaban J connectivity index is 1.96. The van der Waals surface area contributed by atoms with Crippen LogP contribution in [0.5, 0.6) is 5.75 Å². The standard InChI is InChI=1S/C16H20N2O2S/c1-3-4-5-10-20-13-8-6-12(7-9-13)11-14-15(19)18(2)16(21)17-14/h6-9,11H,3-5,10H2,1-2H3,(H,17,21)/b14-11+. The molecule has 1 aliphatic rings. The molecule has 2 rings (SSSR count). The quantitative estimate of drug-likeness (QED) is 0.498. The fourth-order valence-electron chi connectivity index (χ4n) is 1.99. The van der Waals surface area contributed by atoms with Gasteiger partial charge in [0.25, 0.3) is 5.91 Å². The molecular weight excluding hydrogens is 284 g/mol. The lowest BCUT2D eigenvalue weighted by Crippen LogP contribution is -2.25. The fourth-order valence-corrected chi connectivity index (χ4v) is 2.19. The van der Waals surface area contributed by atoms with Gasteiger partial charge in [-0.2, -0.15) is 0 Å². The average Bonchev–Trinajstić information content (AvgIpc) is 2.73. The number of hydrogen-bond donors (Lipinski definition) is 1. The van der Waals surface area contributed by atoms with Crippen LogP contribution in [-0.4, -0.2) is 29.6 Å². The van der Waals surface area contributed by atoms with Gasteiger partial charge in [0, 0.05) is 7.05 Å². The molecular formula is C16H20N2O2S. The molecule has 1 aromatic carbocycles. The monoisotopic (exact) mass is 304 g/mol. The fraction of sp³-hybridized carbons (Fsp3) is 0.375. The summed E-state index contributed by atoms with van der Waals surface area (Å²) in [6.45, 7) is 2.91. The van der Waals surface area contributed by atoms with Crippen LogP contribution in [0.15, 0.2) is 30.0 Å². The van der Waals surface area contributed by atoms with E-state index in [0.717, 1.165) is 24.3 Å². The van der Waals surface area contributed by atoms with E-state index in [0.29, 0.717) is 10.8 Å². The van der Waals surface area contributed by atoms with Gasteiger partial charge in [0.2, 0.25) is 0 Å². The van der Waals surface area contributed by atoms with Gasteiger partial charge in [-0.15, -0.1) is 0 Å². The molecule has 1 aliphatic heterocycles. The molecule has 1 heterocycles. The van der Waals surface area contributed by atoms with Crippen molar-refractivity contribution >= 4 is 29.3 Å². The molecule has 1 fully saturated rings. The maximum atomic E-state index is 11.9. The number of rotatable bonds is 6. The van der Waals surface area contributed by atoms with Gasteiger partial charge in [0.1, 0.15) is 11.4 Å². The van der Waals surface area contributed by atoms with E-state index in [1.54, 1.807) is 13.1 Å². The van der Waals surface area contributed by atoms with Gasteiger partial charge in [0.05, 0.1) is 6.61 Å². The number of ether oxygens (including phenoxy) is 1. The van der Waals surface area contributed by atoms with Crippen LogP contribution < -0.4 is 10.1 Å². The van der Waals surface area contributed by atoms with Crippen LogP contribution in [0.1, 0.15) is 31.7 Å². The lowest BCUT2D eigenvalue weighted by molar-refractivity contribution is -0.121. The third-order valence-electron chi connectivity index (χ3n) is 3.29. The number of likely N-dealkylation sites (N-methyl/N-ethyl adjacent to an activating group) is 1. The molecule has 1 N–H and O–H groups in total. The Morgan fingerprint density at radius 3 is 2.57 bits per heavy atom. The molecule has 1 aromatic rings. The van der Waals surface area contributed by atoms with Crippen molar-refractivity contribution in [2.45, 2.75) is 26.2 Å².